The Morgan fingerprint density at radius 1 is 1.24 bits per heavy atom. The highest BCUT2D eigenvalue weighted by molar-refractivity contribution is 6.31. The second-order valence-corrected chi connectivity index (χ2v) is 6.39. The van der Waals surface area contributed by atoms with Crippen LogP contribution in [0.4, 0.5) is 11.9 Å². The van der Waals surface area contributed by atoms with E-state index in [4.69, 9.17) is 22.1 Å². The number of nitrogen functional groups attached to an aromatic ring is 1. The molecule has 0 amide bonds. The van der Waals surface area contributed by atoms with Crippen molar-refractivity contribution in [2.45, 2.75) is 18.5 Å². The third-order valence-corrected chi connectivity index (χ3v) is 4.81. The van der Waals surface area contributed by atoms with Gasteiger partial charge in [-0.15, -0.1) is 5.10 Å². The van der Waals surface area contributed by atoms with E-state index in [-0.39, 0.29) is 18.0 Å². The Morgan fingerprint density at radius 2 is 2.08 bits per heavy atom. The zero-order valence-corrected chi connectivity index (χ0v) is 14.4. The molecule has 2 atom stereocenters. The number of benzene rings is 2. The van der Waals surface area contributed by atoms with Gasteiger partial charge in [-0.1, -0.05) is 41.9 Å². The lowest BCUT2D eigenvalue weighted by molar-refractivity contribution is 0.407. The lowest BCUT2D eigenvalue weighted by Gasteiger charge is -2.32. The molecule has 4 rings (SSSR count). The number of aromatic nitrogens is 3. The number of nitrogens with one attached hydrogen (secondary N) is 1. The highest BCUT2D eigenvalue weighted by Crippen LogP contribution is 2.40. The van der Waals surface area contributed by atoms with Crippen molar-refractivity contribution in [2.75, 3.05) is 18.2 Å². The number of rotatable bonds is 3. The van der Waals surface area contributed by atoms with Crippen molar-refractivity contribution in [3.05, 3.63) is 64.7 Å². The minimum atomic E-state index is -0.0163. The molecule has 7 heteroatoms. The van der Waals surface area contributed by atoms with Crippen LogP contribution < -0.4 is 15.8 Å². The maximum atomic E-state index is 6.40. The van der Waals surface area contributed by atoms with Crippen LogP contribution in [-0.4, -0.2) is 21.9 Å². The van der Waals surface area contributed by atoms with Gasteiger partial charge in [0.1, 0.15) is 5.75 Å². The third kappa shape index (κ3) is 2.89. The molecule has 0 fully saturated rings. The van der Waals surface area contributed by atoms with Crippen LogP contribution in [0, 0.1) is 0 Å². The molecule has 1 aromatic heterocycles. The molecule has 2 heterocycles. The van der Waals surface area contributed by atoms with Gasteiger partial charge in [-0.3, -0.25) is 0 Å². The second kappa shape index (κ2) is 6.29. The molecule has 0 aliphatic carbocycles. The number of hydrogen-bond acceptors (Lipinski definition) is 5. The van der Waals surface area contributed by atoms with Crippen molar-refractivity contribution in [1.29, 1.82) is 0 Å². The van der Waals surface area contributed by atoms with Crippen LogP contribution in [0.2, 0.25) is 5.02 Å². The summed E-state index contributed by atoms with van der Waals surface area (Å²) < 4.78 is 7.19. The van der Waals surface area contributed by atoms with Gasteiger partial charge in [0.2, 0.25) is 11.9 Å². The van der Waals surface area contributed by atoms with Gasteiger partial charge in [-0.25, -0.2) is 4.68 Å². The molecule has 1 aliphatic rings. The summed E-state index contributed by atoms with van der Waals surface area (Å²) in [6.45, 7) is 0. The van der Waals surface area contributed by atoms with Gasteiger partial charge in [0.25, 0.3) is 0 Å². The number of hydrogen-bond donors (Lipinski definition) is 2. The van der Waals surface area contributed by atoms with E-state index >= 15 is 0 Å². The Kier molecular flexibility index (Phi) is 3.97. The van der Waals surface area contributed by atoms with Crippen LogP contribution >= 0.6 is 11.6 Å². The molecule has 0 radical (unpaired) electrons. The van der Waals surface area contributed by atoms with E-state index in [0.29, 0.717) is 5.95 Å². The summed E-state index contributed by atoms with van der Waals surface area (Å²) in [6, 6.07) is 15.8. The topological polar surface area (TPSA) is 78.0 Å². The molecular formula is C18H18ClN5O. The van der Waals surface area contributed by atoms with Gasteiger partial charge < -0.3 is 15.8 Å². The Bertz CT molecular complexity index is 910. The van der Waals surface area contributed by atoms with Crippen LogP contribution in [0.15, 0.2) is 48.5 Å². The minimum absolute atomic E-state index is 0.0148. The van der Waals surface area contributed by atoms with Gasteiger partial charge in [-0.2, -0.15) is 4.98 Å². The molecule has 3 aromatic rings. The largest absolute Gasteiger partial charge is 0.497 e. The lowest BCUT2D eigenvalue weighted by Crippen LogP contribution is -2.28. The smallest absolute Gasteiger partial charge is 0.241 e. The maximum absolute atomic E-state index is 6.40. The summed E-state index contributed by atoms with van der Waals surface area (Å²) in [5.74, 6) is 1.69. The number of methoxy groups -OCH3 is 1. The number of fused-ring (bicyclic) bond motifs is 1. The maximum Gasteiger partial charge on any atom is 0.241 e. The van der Waals surface area contributed by atoms with Gasteiger partial charge >= 0.3 is 0 Å². The molecule has 6 nitrogen and oxygen atoms in total. The first-order valence-corrected chi connectivity index (χ1v) is 8.40. The zero-order chi connectivity index (χ0) is 17.4. The highest BCUT2D eigenvalue weighted by atomic mass is 35.5. The summed E-state index contributed by atoms with van der Waals surface area (Å²) in [5, 5.41) is 8.49. The van der Waals surface area contributed by atoms with Crippen molar-refractivity contribution in [3.8, 4) is 5.75 Å². The minimum Gasteiger partial charge on any atom is -0.497 e. The molecule has 1 aliphatic heterocycles. The van der Waals surface area contributed by atoms with Crippen LogP contribution in [0.1, 0.15) is 29.6 Å². The van der Waals surface area contributed by atoms with Gasteiger partial charge in [-0.05, 0) is 35.7 Å². The van der Waals surface area contributed by atoms with Gasteiger partial charge in [0.05, 0.1) is 19.2 Å². The van der Waals surface area contributed by atoms with E-state index in [2.05, 4.69) is 21.5 Å². The Hall–Kier alpha value is -2.73. The molecule has 0 saturated carbocycles. The van der Waals surface area contributed by atoms with Gasteiger partial charge in [0.15, 0.2) is 0 Å². The predicted molar refractivity (Wildman–Crippen MR) is 98.0 cm³/mol. The summed E-state index contributed by atoms with van der Waals surface area (Å²) >= 11 is 6.40. The quantitative estimate of drug-likeness (QED) is 0.749. The number of halogens is 1. The molecule has 25 heavy (non-hydrogen) atoms. The Labute approximate surface area is 150 Å². The molecule has 0 bridgehead atoms. The van der Waals surface area contributed by atoms with Crippen molar-refractivity contribution in [3.63, 3.8) is 0 Å². The first-order chi connectivity index (χ1) is 12.2. The number of nitrogens with zero attached hydrogens (tertiary/aromatic N) is 3. The number of nitrogens with two attached hydrogens (primary N) is 1. The normalized spacial score (nSPS) is 19.1. The van der Waals surface area contributed by atoms with Crippen molar-refractivity contribution in [2.24, 2.45) is 0 Å². The Balaban J connectivity index is 1.78. The third-order valence-electron chi connectivity index (χ3n) is 4.46. The zero-order valence-electron chi connectivity index (χ0n) is 13.7. The average Bonchev–Trinajstić information content (AvgIpc) is 3.01. The average molecular weight is 356 g/mol. The summed E-state index contributed by atoms with van der Waals surface area (Å²) in [5.41, 5.74) is 7.95. The van der Waals surface area contributed by atoms with Crippen LogP contribution in [0.5, 0.6) is 5.75 Å². The monoisotopic (exact) mass is 355 g/mol. The molecule has 0 spiro atoms. The van der Waals surface area contributed by atoms with Crippen molar-refractivity contribution < 1.29 is 4.74 Å². The van der Waals surface area contributed by atoms with Crippen LogP contribution in [-0.2, 0) is 0 Å². The summed E-state index contributed by atoms with van der Waals surface area (Å²) in [7, 11) is 1.66. The number of ether oxygens (including phenoxy) is 1. The van der Waals surface area contributed by atoms with Crippen molar-refractivity contribution in [1.82, 2.24) is 14.8 Å². The fraction of sp³-hybridized carbons (Fsp3) is 0.222. The first kappa shape index (κ1) is 15.8. The standard InChI is InChI=1S/C18H18ClN5O/c1-25-12-6-4-5-11(9-12)16-10-15(13-7-2-3-8-14(13)19)21-18-22-17(20)23-24(16)18/h2-9,15-16H,10H2,1H3,(H3,20,21,22,23)/t15-,16+/m0/s1. The fourth-order valence-electron chi connectivity index (χ4n) is 3.28. The van der Waals surface area contributed by atoms with E-state index in [1.54, 1.807) is 7.11 Å². The van der Waals surface area contributed by atoms with Gasteiger partial charge in [0, 0.05) is 5.02 Å². The van der Waals surface area contributed by atoms with E-state index in [0.717, 1.165) is 28.3 Å². The summed E-state index contributed by atoms with van der Waals surface area (Å²) in [4.78, 5) is 4.32. The molecule has 0 unspecified atom stereocenters. The Morgan fingerprint density at radius 3 is 2.88 bits per heavy atom. The highest BCUT2D eigenvalue weighted by Gasteiger charge is 2.31. The van der Waals surface area contributed by atoms with E-state index in [1.165, 1.54) is 0 Å². The van der Waals surface area contributed by atoms with E-state index in [9.17, 15) is 0 Å². The fourth-order valence-corrected chi connectivity index (χ4v) is 3.55. The molecule has 0 saturated heterocycles. The van der Waals surface area contributed by atoms with Crippen molar-refractivity contribution >= 4 is 23.5 Å². The summed E-state index contributed by atoms with van der Waals surface area (Å²) in [6.07, 6.45) is 0.771. The number of anilines is 2. The van der Waals surface area contributed by atoms with E-state index in [1.807, 2.05) is 47.1 Å². The lowest BCUT2D eigenvalue weighted by atomic mass is 9.93. The van der Waals surface area contributed by atoms with Crippen LogP contribution in [0.3, 0.4) is 0 Å². The first-order valence-electron chi connectivity index (χ1n) is 8.02. The second-order valence-electron chi connectivity index (χ2n) is 5.98. The predicted octanol–water partition coefficient (Wildman–Crippen LogP) is 3.67. The molecular weight excluding hydrogens is 338 g/mol. The van der Waals surface area contributed by atoms with Crippen LogP contribution in [0.25, 0.3) is 0 Å². The SMILES string of the molecule is COc1cccc([C@H]2C[C@@H](c3ccccc3Cl)Nc3nc(N)nn32)c1. The molecule has 3 N–H and O–H groups in total. The van der Waals surface area contributed by atoms with E-state index < -0.39 is 0 Å². The molecule has 128 valence electrons. The molecule has 2 aromatic carbocycles.